The van der Waals surface area contributed by atoms with Crippen molar-refractivity contribution in [1.29, 1.82) is 0 Å². The van der Waals surface area contributed by atoms with Crippen LogP contribution in [-0.2, 0) is 0 Å². The molecule has 0 saturated carbocycles. The first-order chi connectivity index (χ1) is 9.24. The topological polar surface area (TPSA) is 12.0 Å². The van der Waals surface area contributed by atoms with Gasteiger partial charge in [0.15, 0.2) is 0 Å². The van der Waals surface area contributed by atoms with Gasteiger partial charge in [0.25, 0.3) is 0 Å². The van der Waals surface area contributed by atoms with Crippen molar-refractivity contribution in [2.75, 3.05) is 7.05 Å². The van der Waals surface area contributed by atoms with E-state index >= 15 is 0 Å². The van der Waals surface area contributed by atoms with Crippen molar-refractivity contribution in [3.05, 3.63) is 35.0 Å². The molecule has 1 nitrogen and oxygen atoms in total. The van der Waals surface area contributed by atoms with E-state index in [1.54, 1.807) is 17.4 Å². The molecule has 1 aromatic heterocycles. The van der Waals surface area contributed by atoms with E-state index < -0.39 is 0 Å². The van der Waals surface area contributed by atoms with E-state index in [-0.39, 0.29) is 5.82 Å². The maximum absolute atomic E-state index is 13.2. The first-order valence-electron chi connectivity index (χ1n) is 7.11. The zero-order chi connectivity index (χ0) is 13.7. The summed E-state index contributed by atoms with van der Waals surface area (Å²) in [5.74, 6) is -0.152. The van der Waals surface area contributed by atoms with E-state index in [0.717, 1.165) is 11.8 Å². The smallest absolute Gasteiger partial charge is 0.123 e. The Morgan fingerprint density at radius 3 is 2.79 bits per heavy atom. The third kappa shape index (κ3) is 3.77. The predicted octanol–water partition coefficient (Wildman–Crippen LogP) is 5.27. The highest BCUT2D eigenvalue weighted by Gasteiger charge is 2.12. The standard InChI is InChI=1S/C16H22FNS/c1-3-4-5-6-7-14(18-2)16-11-12-10-13(17)8-9-15(12)19-16/h8-11,14,18H,3-7H2,1-2H3. The Labute approximate surface area is 118 Å². The number of nitrogens with one attached hydrogen (secondary N) is 1. The molecule has 0 radical (unpaired) electrons. The summed E-state index contributed by atoms with van der Waals surface area (Å²) in [5, 5.41) is 4.41. The van der Waals surface area contributed by atoms with Crippen LogP contribution in [0.1, 0.15) is 49.9 Å². The highest BCUT2D eigenvalue weighted by Crippen LogP contribution is 2.32. The Kier molecular flexibility index (Phi) is 5.34. The molecule has 0 spiro atoms. The lowest BCUT2D eigenvalue weighted by atomic mass is 10.1. The molecule has 3 heteroatoms. The van der Waals surface area contributed by atoms with Gasteiger partial charge in [-0.15, -0.1) is 11.3 Å². The monoisotopic (exact) mass is 279 g/mol. The number of hydrogen-bond donors (Lipinski definition) is 1. The second-order valence-corrected chi connectivity index (χ2v) is 6.14. The fourth-order valence-electron chi connectivity index (χ4n) is 2.41. The van der Waals surface area contributed by atoms with Gasteiger partial charge in [0, 0.05) is 15.6 Å². The van der Waals surface area contributed by atoms with Crippen LogP contribution in [0.25, 0.3) is 10.1 Å². The van der Waals surface area contributed by atoms with Crippen molar-refractivity contribution in [3.63, 3.8) is 0 Å². The van der Waals surface area contributed by atoms with Gasteiger partial charge in [0.2, 0.25) is 0 Å². The van der Waals surface area contributed by atoms with E-state index in [1.165, 1.54) is 41.3 Å². The molecule has 0 aliphatic heterocycles. The lowest BCUT2D eigenvalue weighted by Gasteiger charge is -2.13. The van der Waals surface area contributed by atoms with E-state index in [0.29, 0.717) is 6.04 Å². The Bertz CT molecular complexity index is 520. The first kappa shape index (κ1) is 14.5. The van der Waals surface area contributed by atoms with Crippen LogP contribution in [0.3, 0.4) is 0 Å². The molecule has 19 heavy (non-hydrogen) atoms. The fourth-order valence-corrected chi connectivity index (χ4v) is 3.60. The molecule has 1 heterocycles. The number of halogens is 1. The van der Waals surface area contributed by atoms with Gasteiger partial charge in [-0.25, -0.2) is 4.39 Å². The van der Waals surface area contributed by atoms with Crippen LogP contribution in [0.5, 0.6) is 0 Å². The molecule has 1 aromatic carbocycles. The quantitative estimate of drug-likeness (QED) is 0.681. The molecule has 1 unspecified atom stereocenters. The van der Waals surface area contributed by atoms with Gasteiger partial charge in [-0.3, -0.25) is 0 Å². The van der Waals surface area contributed by atoms with E-state index in [2.05, 4.69) is 18.3 Å². The zero-order valence-electron chi connectivity index (χ0n) is 11.7. The number of unbranched alkanes of at least 4 members (excludes halogenated alkanes) is 3. The van der Waals surface area contributed by atoms with Crippen molar-refractivity contribution in [3.8, 4) is 0 Å². The Hall–Kier alpha value is -0.930. The Morgan fingerprint density at radius 1 is 1.21 bits per heavy atom. The van der Waals surface area contributed by atoms with Gasteiger partial charge in [-0.2, -0.15) is 0 Å². The van der Waals surface area contributed by atoms with E-state index in [9.17, 15) is 4.39 Å². The molecular formula is C16H22FNS. The molecule has 0 amide bonds. The molecule has 1 atom stereocenters. The second-order valence-electron chi connectivity index (χ2n) is 5.02. The summed E-state index contributed by atoms with van der Waals surface area (Å²) in [6, 6.07) is 7.57. The summed E-state index contributed by atoms with van der Waals surface area (Å²) in [6.07, 6.45) is 6.29. The molecule has 2 aromatic rings. The van der Waals surface area contributed by atoms with Crippen LogP contribution >= 0.6 is 11.3 Å². The zero-order valence-corrected chi connectivity index (χ0v) is 12.5. The van der Waals surface area contributed by atoms with Crippen LogP contribution in [0.2, 0.25) is 0 Å². The number of rotatable bonds is 7. The second kappa shape index (κ2) is 7.01. The SMILES string of the molecule is CCCCCCC(NC)c1cc2cc(F)ccc2s1. The normalized spacial score (nSPS) is 13.0. The number of benzene rings is 1. The summed E-state index contributed by atoms with van der Waals surface area (Å²) < 4.78 is 14.4. The van der Waals surface area contributed by atoms with Crippen LogP contribution < -0.4 is 5.32 Å². The average Bonchev–Trinajstić information content (AvgIpc) is 2.81. The maximum Gasteiger partial charge on any atom is 0.123 e. The van der Waals surface area contributed by atoms with Crippen LogP contribution in [0.4, 0.5) is 4.39 Å². The van der Waals surface area contributed by atoms with E-state index in [4.69, 9.17) is 0 Å². The summed E-state index contributed by atoms with van der Waals surface area (Å²) in [5.41, 5.74) is 0. The highest BCUT2D eigenvalue weighted by molar-refractivity contribution is 7.19. The molecule has 0 bridgehead atoms. The summed E-state index contributed by atoms with van der Waals surface area (Å²) in [4.78, 5) is 1.32. The average molecular weight is 279 g/mol. The Morgan fingerprint density at radius 2 is 2.05 bits per heavy atom. The van der Waals surface area contributed by atoms with Crippen molar-refractivity contribution >= 4 is 21.4 Å². The molecule has 0 saturated heterocycles. The molecule has 2 rings (SSSR count). The minimum Gasteiger partial charge on any atom is -0.312 e. The minimum atomic E-state index is -0.152. The number of thiophene rings is 1. The lowest BCUT2D eigenvalue weighted by molar-refractivity contribution is 0.511. The van der Waals surface area contributed by atoms with Crippen molar-refractivity contribution < 1.29 is 4.39 Å². The van der Waals surface area contributed by atoms with Crippen LogP contribution in [-0.4, -0.2) is 7.05 Å². The van der Waals surface area contributed by atoms with Gasteiger partial charge in [-0.05, 0) is 43.1 Å². The van der Waals surface area contributed by atoms with E-state index in [1.807, 2.05) is 13.1 Å². The van der Waals surface area contributed by atoms with Gasteiger partial charge in [0.05, 0.1) is 0 Å². The molecule has 0 aliphatic rings. The highest BCUT2D eigenvalue weighted by atomic mass is 32.1. The van der Waals surface area contributed by atoms with Gasteiger partial charge < -0.3 is 5.32 Å². The van der Waals surface area contributed by atoms with Crippen LogP contribution in [0, 0.1) is 5.82 Å². The molecule has 104 valence electrons. The van der Waals surface area contributed by atoms with Crippen molar-refractivity contribution in [1.82, 2.24) is 5.32 Å². The molecular weight excluding hydrogens is 257 g/mol. The third-order valence-corrected chi connectivity index (χ3v) is 4.77. The van der Waals surface area contributed by atoms with Gasteiger partial charge in [0.1, 0.15) is 5.82 Å². The van der Waals surface area contributed by atoms with Gasteiger partial charge >= 0.3 is 0 Å². The largest absolute Gasteiger partial charge is 0.312 e. The molecule has 0 fully saturated rings. The molecule has 1 N–H and O–H groups in total. The first-order valence-corrected chi connectivity index (χ1v) is 7.92. The number of hydrogen-bond acceptors (Lipinski definition) is 2. The minimum absolute atomic E-state index is 0.152. The Balaban J connectivity index is 2.07. The molecule has 0 aliphatic carbocycles. The van der Waals surface area contributed by atoms with Gasteiger partial charge in [-0.1, -0.05) is 32.6 Å². The van der Waals surface area contributed by atoms with Crippen LogP contribution in [0.15, 0.2) is 24.3 Å². The maximum atomic E-state index is 13.2. The summed E-state index contributed by atoms with van der Waals surface area (Å²) in [6.45, 7) is 2.23. The lowest BCUT2D eigenvalue weighted by Crippen LogP contribution is -2.14. The summed E-state index contributed by atoms with van der Waals surface area (Å²) in [7, 11) is 2.01. The summed E-state index contributed by atoms with van der Waals surface area (Å²) >= 11 is 1.77. The van der Waals surface area contributed by atoms with Crippen molar-refractivity contribution in [2.24, 2.45) is 0 Å². The fraction of sp³-hybridized carbons (Fsp3) is 0.500. The third-order valence-electron chi connectivity index (χ3n) is 3.54. The van der Waals surface area contributed by atoms with Crippen molar-refractivity contribution in [2.45, 2.75) is 45.1 Å². The number of fused-ring (bicyclic) bond motifs is 1. The predicted molar refractivity (Wildman–Crippen MR) is 82.3 cm³/mol.